The van der Waals surface area contributed by atoms with E-state index in [-0.39, 0.29) is 66.9 Å². The first-order valence-corrected chi connectivity index (χ1v) is 13.2. The van der Waals surface area contributed by atoms with Gasteiger partial charge in [-0.15, -0.1) is 0 Å². The summed E-state index contributed by atoms with van der Waals surface area (Å²) < 4.78 is 12.7. The zero-order valence-electron chi connectivity index (χ0n) is 20.9. The quantitative estimate of drug-likeness (QED) is 0.417. The van der Waals surface area contributed by atoms with E-state index in [0.717, 1.165) is 62.7 Å². The van der Waals surface area contributed by atoms with Crippen molar-refractivity contribution in [2.45, 2.75) is 103 Å². The third-order valence-corrected chi connectivity index (χ3v) is 7.29. The van der Waals surface area contributed by atoms with E-state index in [1.54, 1.807) is 13.8 Å². The highest BCUT2D eigenvalue weighted by molar-refractivity contribution is 6.23. The Kier molecular flexibility index (Phi) is 8.13. The third kappa shape index (κ3) is 5.09. The molecule has 2 aliphatic carbocycles. The summed E-state index contributed by atoms with van der Waals surface area (Å²) in [6, 6.07) is 0.0736. The minimum absolute atomic E-state index is 0.0437. The second-order valence-corrected chi connectivity index (χ2v) is 9.63. The van der Waals surface area contributed by atoms with Crippen molar-refractivity contribution in [1.82, 2.24) is 4.57 Å². The van der Waals surface area contributed by atoms with Gasteiger partial charge in [0.25, 0.3) is 0 Å². The van der Waals surface area contributed by atoms with Gasteiger partial charge in [0.1, 0.15) is 22.8 Å². The SMILES string of the molecule is CCOC(=O)c1c(C(=O)OCC)c(N2C(=O)CCC2=O)n(C2CCCCC2)c1NC1CCCCC1. The fourth-order valence-electron chi connectivity index (χ4n) is 5.68. The molecule has 1 N–H and O–H groups in total. The summed E-state index contributed by atoms with van der Waals surface area (Å²) in [6.07, 6.45) is 10.2. The van der Waals surface area contributed by atoms with Gasteiger partial charge in [0.2, 0.25) is 11.8 Å². The lowest BCUT2D eigenvalue weighted by molar-refractivity contribution is -0.121. The molecule has 0 radical (unpaired) electrons. The van der Waals surface area contributed by atoms with E-state index < -0.39 is 11.9 Å². The van der Waals surface area contributed by atoms with Gasteiger partial charge in [-0.3, -0.25) is 9.59 Å². The zero-order chi connectivity index (χ0) is 24.9. The Labute approximate surface area is 206 Å². The molecule has 1 aromatic heterocycles. The number of rotatable bonds is 8. The molecule has 2 saturated carbocycles. The summed E-state index contributed by atoms with van der Waals surface area (Å²) in [4.78, 5) is 53.8. The number of ether oxygens (including phenoxy) is 2. The highest BCUT2D eigenvalue weighted by Gasteiger charge is 2.43. The van der Waals surface area contributed by atoms with Crippen molar-refractivity contribution in [2.24, 2.45) is 0 Å². The Morgan fingerprint density at radius 1 is 0.800 bits per heavy atom. The molecule has 0 bridgehead atoms. The van der Waals surface area contributed by atoms with Crippen molar-refractivity contribution in [3.05, 3.63) is 11.1 Å². The van der Waals surface area contributed by atoms with Crippen LogP contribution in [0.15, 0.2) is 0 Å². The van der Waals surface area contributed by atoms with E-state index in [2.05, 4.69) is 5.32 Å². The smallest absolute Gasteiger partial charge is 0.342 e. The van der Waals surface area contributed by atoms with E-state index in [9.17, 15) is 19.2 Å². The number of nitrogens with one attached hydrogen (secondary N) is 1. The Morgan fingerprint density at radius 3 is 1.86 bits per heavy atom. The number of nitrogens with zero attached hydrogens (tertiary/aromatic N) is 2. The fraction of sp³-hybridized carbons (Fsp3) is 0.692. The van der Waals surface area contributed by atoms with E-state index in [1.165, 1.54) is 6.42 Å². The third-order valence-electron chi connectivity index (χ3n) is 7.29. The molecule has 35 heavy (non-hydrogen) atoms. The standard InChI is InChI=1S/C26H37N3O6/c1-3-34-25(32)21-22(26(33)35-4-2)24(29-19(30)15-16-20(29)31)28(18-13-9-6-10-14-18)23(21)27-17-11-7-5-8-12-17/h17-18,27H,3-16H2,1-2H3. The van der Waals surface area contributed by atoms with Gasteiger partial charge in [-0.05, 0) is 39.5 Å². The highest BCUT2D eigenvalue weighted by atomic mass is 16.5. The normalized spacial score (nSPS) is 19.8. The van der Waals surface area contributed by atoms with Gasteiger partial charge in [-0.1, -0.05) is 38.5 Å². The molecule has 4 rings (SSSR count). The Bertz CT molecular complexity index is 956. The second kappa shape index (κ2) is 11.3. The maximum atomic E-state index is 13.4. The van der Waals surface area contributed by atoms with Crippen LogP contribution in [0.1, 0.15) is 118 Å². The molecule has 1 aromatic rings. The van der Waals surface area contributed by atoms with E-state index in [4.69, 9.17) is 9.47 Å². The van der Waals surface area contributed by atoms with Crippen molar-refractivity contribution < 1.29 is 28.7 Å². The summed E-state index contributed by atoms with van der Waals surface area (Å²) in [5.41, 5.74) is 0.0294. The van der Waals surface area contributed by atoms with Crippen LogP contribution in [0.2, 0.25) is 0 Å². The molecule has 2 heterocycles. The monoisotopic (exact) mass is 487 g/mol. The Morgan fingerprint density at radius 2 is 1.31 bits per heavy atom. The predicted molar refractivity (Wildman–Crippen MR) is 131 cm³/mol. The van der Waals surface area contributed by atoms with Crippen LogP contribution >= 0.6 is 0 Å². The average Bonchev–Trinajstić information content (AvgIpc) is 3.36. The van der Waals surface area contributed by atoms with Crippen molar-refractivity contribution in [2.75, 3.05) is 23.4 Å². The zero-order valence-corrected chi connectivity index (χ0v) is 20.9. The maximum absolute atomic E-state index is 13.4. The van der Waals surface area contributed by atoms with Gasteiger partial charge in [-0.2, -0.15) is 0 Å². The molecule has 0 unspecified atom stereocenters. The maximum Gasteiger partial charge on any atom is 0.342 e. The van der Waals surface area contributed by atoms with Crippen LogP contribution in [-0.2, 0) is 19.1 Å². The molecule has 3 fully saturated rings. The number of hydrogen-bond donors (Lipinski definition) is 1. The minimum atomic E-state index is -0.723. The summed E-state index contributed by atoms with van der Waals surface area (Å²) in [5, 5.41) is 3.57. The van der Waals surface area contributed by atoms with Gasteiger partial charge in [0, 0.05) is 24.9 Å². The molecule has 2 amide bonds. The lowest BCUT2D eigenvalue weighted by Crippen LogP contribution is -2.34. The molecule has 0 aromatic carbocycles. The van der Waals surface area contributed by atoms with E-state index in [1.807, 2.05) is 4.57 Å². The molecule has 9 nitrogen and oxygen atoms in total. The van der Waals surface area contributed by atoms with E-state index in [0.29, 0.717) is 5.82 Å². The van der Waals surface area contributed by atoms with Gasteiger partial charge >= 0.3 is 11.9 Å². The lowest BCUT2D eigenvalue weighted by atomic mass is 9.94. The first-order chi connectivity index (χ1) is 17.0. The van der Waals surface area contributed by atoms with E-state index >= 15 is 0 Å². The predicted octanol–water partition coefficient (Wildman–Crippen LogP) is 4.74. The van der Waals surface area contributed by atoms with Crippen LogP contribution in [0.5, 0.6) is 0 Å². The summed E-state index contributed by atoms with van der Waals surface area (Å²) in [7, 11) is 0. The summed E-state index contributed by atoms with van der Waals surface area (Å²) >= 11 is 0. The van der Waals surface area contributed by atoms with Crippen LogP contribution in [0.25, 0.3) is 0 Å². The van der Waals surface area contributed by atoms with Crippen LogP contribution < -0.4 is 10.2 Å². The number of esters is 2. The topological polar surface area (TPSA) is 107 Å². The Balaban J connectivity index is 1.99. The van der Waals surface area contributed by atoms with Crippen molar-refractivity contribution in [3.8, 4) is 0 Å². The molecule has 3 aliphatic rings. The van der Waals surface area contributed by atoms with Gasteiger partial charge < -0.3 is 19.4 Å². The molecule has 192 valence electrons. The molecule has 0 atom stereocenters. The number of carbonyl (C=O) groups is 4. The van der Waals surface area contributed by atoms with Crippen LogP contribution in [0, 0.1) is 0 Å². The number of hydrogen-bond acceptors (Lipinski definition) is 7. The van der Waals surface area contributed by atoms with Gasteiger partial charge in [-0.25, -0.2) is 14.5 Å². The molecular formula is C26H37N3O6. The molecule has 1 saturated heterocycles. The molecule has 0 spiro atoms. The minimum Gasteiger partial charge on any atom is -0.462 e. The molecule has 9 heteroatoms. The number of imide groups is 1. The summed E-state index contributed by atoms with van der Waals surface area (Å²) in [6.45, 7) is 3.63. The number of aromatic nitrogens is 1. The largest absolute Gasteiger partial charge is 0.462 e. The fourth-order valence-corrected chi connectivity index (χ4v) is 5.68. The average molecular weight is 488 g/mol. The van der Waals surface area contributed by atoms with Gasteiger partial charge in [0.15, 0.2) is 0 Å². The van der Waals surface area contributed by atoms with Gasteiger partial charge in [0.05, 0.1) is 13.2 Å². The van der Waals surface area contributed by atoms with Crippen LogP contribution in [0.3, 0.4) is 0 Å². The van der Waals surface area contributed by atoms with Crippen LogP contribution in [0.4, 0.5) is 11.6 Å². The Hall–Kier alpha value is -2.84. The number of anilines is 2. The van der Waals surface area contributed by atoms with Crippen molar-refractivity contribution in [3.63, 3.8) is 0 Å². The van der Waals surface area contributed by atoms with Crippen molar-refractivity contribution in [1.29, 1.82) is 0 Å². The number of carbonyl (C=O) groups excluding carboxylic acids is 4. The number of amides is 2. The summed E-state index contributed by atoms with van der Waals surface area (Å²) in [5.74, 6) is -1.45. The molecule has 1 aliphatic heterocycles. The lowest BCUT2D eigenvalue weighted by Gasteiger charge is -2.32. The molecular weight excluding hydrogens is 450 g/mol. The van der Waals surface area contributed by atoms with Crippen LogP contribution in [-0.4, -0.2) is 47.6 Å². The first kappa shape index (κ1) is 25.3. The van der Waals surface area contributed by atoms with Crippen molar-refractivity contribution >= 4 is 35.4 Å². The first-order valence-electron chi connectivity index (χ1n) is 13.2. The second-order valence-electron chi connectivity index (χ2n) is 9.63. The highest BCUT2D eigenvalue weighted by Crippen LogP contribution is 2.44.